The van der Waals surface area contributed by atoms with Gasteiger partial charge in [0.25, 0.3) is 5.69 Å². The van der Waals surface area contributed by atoms with Crippen LogP contribution in [-0.2, 0) is 11.0 Å². The van der Waals surface area contributed by atoms with Gasteiger partial charge in [-0.2, -0.15) is 13.2 Å². The molecule has 0 fully saturated rings. The van der Waals surface area contributed by atoms with Gasteiger partial charge in [-0.1, -0.05) is 12.1 Å². The zero-order chi connectivity index (χ0) is 21.8. The van der Waals surface area contributed by atoms with Crippen LogP contribution in [0.3, 0.4) is 0 Å². The van der Waals surface area contributed by atoms with Crippen LogP contribution in [0.15, 0.2) is 47.4 Å². The summed E-state index contributed by atoms with van der Waals surface area (Å²) in [7, 11) is 0. The highest BCUT2D eigenvalue weighted by Crippen LogP contribution is 2.32. The van der Waals surface area contributed by atoms with Crippen LogP contribution < -0.4 is 11.1 Å². The molecule has 0 aliphatic heterocycles. The van der Waals surface area contributed by atoms with E-state index < -0.39 is 34.5 Å². The molecule has 1 unspecified atom stereocenters. The zero-order valence-electron chi connectivity index (χ0n) is 15.0. The molecule has 0 radical (unpaired) electrons. The van der Waals surface area contributed by atoms with Crippen molar-refractivity contribution < 1.29 is 27.7 Å². The zero-order valence-corrected chi connectivity index (χ0v) is 15.8. The first-order chi connectivity index (χ1) is 13.5. The van der Waals surface area contributed by atoms with Crippen LogP contribution in [0.5, 0.6) is 0 Å². The summed E-state index contributed by atoms with van der Waals surface area (Å²) in [5.74, 6) is -1.55. The van der Waals surface area contributed by atoms with Gasteiger partial charge in [0.05, 0.1) is 27.2 Å². The van der Waals surface area contributed by atoms with Gasteiger partial charge in [0.1, 0.15) is 0 Å². The first-order valence-electron chi connectivity index (χ1n) is 8.16. The Bertz CT molecular complexity index is 950. The van der Waals surface area contributed by atoms with Gasteiger partial charge >= 0.3 is 6.18 Å². The maximum absolute atomic E-state index is 12.8. The van der Waals surface area contributed by atoms with E-state index in [1.807, 2.05) is 0 Å². The van der Waals surface area contributed by atoms with Crippen molar-refractivity contribution in [2.75, 3.05) is 5.75 Å². The van der Waals surface area contributed by atoms with Crippen molar-refractivity contribution in [3.05, 3.63) is 69.3 Å². The second kappa shape index (κ2) is 8.95. The quantitative estimate of drug-likeness (QED) is 0.397. The molecule has 2 aromatic rings. The Balaban J connectivity index is 2.05. The predicted octanol–water partition coefficient (Wildman–Crippen LogP) is 3.68. The number of carbonyl (C=O) groups excluding carboxylic acids is 2. The number of nitro groups is 1. The standard InChI is InChI=1S/C18H16F3N3O4S/c1-10(11-3-2-4-13(7-11)18(19,20)21)23-16(25)9-29-15-6-5-12(17(22)26)8-14(15)24(27)28/h2-8,10H,9H2,1H3,(H2,22,26)(H,23,25). The summed E-state index contributed by atoms with van der Waals surface area (Å²) in [5, 5.41) is 13.7. The van der Waals surface area contributed by atoms with E-state index in [0.717, 1.165) is 30.0 Å². The van der Waals surface area contributed by atoms with Gasteiger partial charge in [-0.3, -0.25) is 19.7 Å². The molecule has 2 aromatic carbocycles. The third kappa shape index (κ3) is 5.95. The second-order valence-corrected chi connectivity index (χ2v) is 7.02. The molecule has 2 rings (SSSR count). The SMILES string of the molecule is CC(NC(=O)CSc1ccc(C(N)=O)cc1[N+](=O)[O-])c1cccc(C(F)(F)F)c1. The van der Waals surface area contributed by atoms with E-state index in [-0.39, 0.29) is 27.5 Å². The number of amides is 2. The molecular weight excluding hydrogens is 411 g/mol. The van der Waals surface area contributed by atoms with Crippen LogP contribution in [-0.4, -0.2) is 22.5 Å². The van der Waals surface area contributed by atoms with Gasteiger partial charge in [0, 0.05) is 11.6 Å². The van der Waals surface area contributed by atoms with Crippen LogP contribution in [0.2, 0.25) is 0 Å². The minimum atomic E-state index is -4.49. The molecule has 3 N–H and O–H groups in total. The Morgan fingerprint density at radius 1 is 1.24 bits per heavy atom. The summed E-state index contributed by atoms with van der Waals surface area (Å²) in [6.07, 6.45) is -4.49. The van der Waals surface area contributed by atoms with Crippen LogP contribution in [0.1, 0.15) is 34.5 Å². The second-order valence-electron chi connectivity index (χ2n) is 6.00. The average Bonchev–Trinajstić information content (AvgIpc) is 2.65. The molecule has 0 aliphatic rings. The highest BCUT2D eigenvalue weighted by molar-refractivity contribution is 8.00. The molecule has 154 valence electrons. The first-order valence-corrected chi connectivity index (χ1v) is 9.15. The lowest BCUT2D eigenvalue weighted by Crippen LogP contribution is -2.28. The highest BCUT2D eigenvalue weighted by atomic mass is 32.2. The van der Waals surface area contributed by atoms with Gasteiger partial charge in [-0.15, -0.1) is 11.8 Å². The third-order valence-corrected chi connectivity index (χ3v) is 4.95. The maximum atomic E-state index is 12.8. The van der Waals surface area contributed by atoms with Crippen molar-refractivity contribution in [1.82, 2.24) is 5.32 Å². The fraction of sp³-hybridized carbons (Fsp3) is 0.222. The largest absolute Gasteiger partial charge is 0.416 e. The normalized spacial score (nSPS) is 12.3. The Morgan fingerprint density at radius 3 is 2.52 bits per heavy atom. The molecule has 7 nitrogen and oxygen atoms in total. The topological polar surface area (TPSA) is 115 Å². The third-order valence-electron chi connectivity index (χ3n) is 3.89. The maximum Gasteiger partial charge on any atom is 0.416 e. The smallest absolute Gasteiger partial charge is 0.366 e. The average molecular weight is 427 g/mol. The lowest BCUT2D eigenvalue weighted by Gasteiger charge is -2.16. The molecule has 2 amide bonds. The summed E-state index contributed by atoms with van der Waals surface area (Å²) in [6.45, 7) is 1.53. The number of thioether (sulfide) groups is 1. The Hall–Kier alpha value is -3.08. The van der Waals surface area contributed by atoms with E-state index in [9.17, 15) is 32.9 Å². The molecule has 0 aliphatic carbocycles. The van der Waals surface area contributed by atoms with Crippen molar-refractivity contribution in [1.29, 1.82) is 0 Å². The Labute approximate surface area is 167 Å². The van der Waals surface area contributed by atoms with Crippen molar-refractivity contribution in [2.45, 2.75) is 24.0 Å². The number of nitrogens with zero attached hydrogens (tertiary/aromatic N) is 1. The van der Waals surface area contributed by atoms with E-state index in [0.29, 0.717) is 0 Å². The van der Waals surface area contributed by atoms with Gasteiger partial charge in [-0.25, -0.2) is 0 Å². The summed E-state index contributed by atoms with van der Waals surface area (Å²) >= 11 is 0.863. The minimum absolute atomic E-state index is 0.0383. The van der Waals surface area contributed by atoms with Crippen molar-refractivity contribution in [2.24, 2.45) is 5.73 Å². The first kappa shape index (κ1) is 22.2. The number of hydrogen-bond acceptors (Lipinski definition) is 5. The number of nitro benzene ring substituents is 1. The lowest BCUT2D eigenvalue weighted by atomic mass is 10.0. The van der Waals surface area contributed by atoms with Crippen LogP contribution in [0.25, 0.3) is 0 Å². The van der Waals surface area contributed by atoms with E-state index in [2.05, 4.69) is 5.32 Å². The molecule has 0 saturated carbocycles. The van der Waals surface area contributed by atoms with Crippen LogP contribution in [0.4, 0.5) is 18.9 Å². The van der Waals surface area contributed by atoms with Gasteiger partial charge in [0.2, 0.25) is 11.8 Å². The molecular formula is C18H16F3N3O4S. The number of benzene rings is 2. The molecule has 29 heavy (non-hydrogen) atoms. The number of halogens is 3. The van der Waals surface area contributed by atoms with Crippen LogP contribution >= 0.6 is 11.8 Å². The summed E-state index contributed by atoms with van der Waals surface area (Å²) < 4.78 is 38.4. The van der Waals surface area contributed by atoms with Crippen LogP contribution in [0, 0.1) is 10.1 Å². The molecule has 0 bridgehead atoms. The van der Waals surface area contributed by atoms with Crippen molar-refractivity contribution in [3.63, 3.8) is 0 Å². The summed E-state index contributed by atoms with van der Waals surface area (Å²) in [4.78, 5) is 33.9. The molecule has 1 atom stereocenters. The fourth-order valence-electron chi connectivity index (χ4n) is 2.43. The van der Waals surface area contributed by atoms with E-state index in [4.69, 9.17) is 5.73 Å². The van der Waals surface area contributed by atoms with Crippen molar-refractivity contribution in [3.8, 4) is 0 Å². The van der Waals surface area contributed by atoms with Crippen molar-refractivity contribution >= 4 is 29.3 Å². The number of hydrogen-bond donors (Lipinski definition) is 2. The fourth-order valence-corrected chi connectivity index (χ4v) is 3.25. The highest BCUT2D eigenvalue weighted by Gasteiger charge is 2.30. The molecule has 11 heteroatoms. The number of alkyl halides is 3. The number of rotatable bonds is 7. The Kier molecular flexibility index (Phi) is 6.85. The molecule has 0 aromatic heterocycles. The number of nitrogens with one attached hydrogen (secondary N) is 1. The van der Waals surface area contributed by atoms with E-state index >= 15 is 0 Å². The lowest BCUT2D eigenvalue weighted by molar-refractivity contribution is -0.387. The number of nitrogens with two attached hydrogens (primary N) is 1. The molecule has 0 spiro atoms. The summed E-state index contributed by atoms with van der Waals surface area (Å²) in [6, 6.07) is 7.53. The number of primary amides is 1. The van der Waals surface area contributed by atoms with Gasteiger partial charge < -0.3 is 11.1 Å². The Morgan fingerprint density at radius 2 is 1.93 bits per heavy atom. The van der Waals surface area contributed by atoms with E-state index in [1.54, 1.807) is 0 Å². The van der Waals surface area contributed by atoms with Gasteiger partial charge in [0.15, 0.2) is 0 Å². The molecule has 0 heterocycles. The summed E-state index contributed by atoms with van der Waals surface area (Å²) in [5.41, 5.74) is 4.14. The van der Waals surface area contributed by atoms with E-state index in [1.165, 1.54) is 31.2 Å². The predicted molar refractivity (Wildman–Crippen MR) is 100 cm³/mol. The van der Waals surface area contributed by atoms with Gasteiger partial charge in [-0.05, 0) is 36.8 Å². The minimum Gasteiger partial charge on any atom is -0.366 e. The molecule has 0 saturated heterocycles. The number of carbonyl (C=O) groups is 2. The monoisotopic (exact) mass is 427 g/mol.